The van der Waals surface area contributed by atoms with E-state index in [0.29, 0.717) is 28.4 Å². The van der Waals surface area contributed by atoms with Crippen molar-refractivity contribution in [2.45, 2.75) is 0 Å². The number of imidazole rings is 1. The average molecular weight is 438 g/mol. The molecule has 0 unspecified atom stereocenters. The maximum atomic E-state index is 11.1. The van der Waals surface area contributed by atoms with Crippen LogP contribution in [0.4, 0.5) is 5.13 Å². The zero-order valence-corrected chi connectivity index (χ0v) is 14.6. The number of hydrogen-bond acceptors (Lipinski definition) is 6. The molecule has 1 aliphatic heterocycles. The summed E-state index contributed by atoms with van der Waals surface area (Å²) in [5.74, 6) is -0.467. The predicted octanol–water partition coefficient (Wildman–Crippen LogP) is 2.39. The summed E-state index contributed by atoms with van der Waals surface area (Å²) >= 11 is 8.04. The third-order valence-corrected chi connectivity index (χ3v) is 5.12. The number of anilines is 1. The van der Waals surface area contributed by atoms with Crippen molar-refractivity contribution in [3.63, 3.8) is 0 Å². The van der Waals surface area contributed by atoms with Gasteiger partial charge in [0.05, 0.1) is 13.2 Å². The van der Waals surface area contributed by atoms with Crippen LogP contribution in [0.25, 0.3) is 5.82 Å². The fraction of sp³-hybridized carbons (Fsp3) is 0.364. The largest absolute Gasteiger partial charge is 0.476 e. The Kier molecular flexibility index (Phi) is 4.29. The predicted molar refractivity (Wildman–Crippen MR) is 84.6 cm³/mol. The summed E-state index contributed by atoms with van der Waals surface area (Å²) in [6.07, 6.45) is 0. The lowest BCUT2D eigenvalue weighted by atomic mass is 10.5. The second kappa shape index (κ2) is 6.03. The molecule has 112 valence electrons. The summed E-state index contributed by atoms with van der Waals surface area (Å²) in [6, 6.07) is 0. The second-order valence-electron chi connectivity index (χ2n) is 4.25. The molecule has 1 N–H and O–H groups in total. The number of hydrogen-bond donors (Lipinski definition) is 1. The number of halogens is 2. The maximum absolute atomic E-state index is 11.1. The number of nitrogens with zero attached hydrogens (tertiary/aromatic N) is 4. The highest BCUT2D eigenvalue weighted by atomic mass is 79.9. The van der Waals surface area contributed by atoms with Gasteiger partial charge in [-0.25, -0.2) is 14.8 Å². The first-order chi connectivity index (χ1) is 10.1. The number of rotatable bonds is 3. The highest BCUT2D eigenvalue weighted by Crippen LogP contribution is 2.30. The molecule has 3 rings (SSSR count). The number of aromatic nitrogens is 3. The van der Waals surface area contributed by atoms with Gasteiger partial charge in [0, 0.05) is 18.5 Å². The number of thiazole rings is 1. The molecule has 0 atom stereocenters. The lowest BCUT2D eigenvalue weighted by Crippen LogP contribution is -2.36. The van der Waals surface area contributed by atoms with Gasteiger partial charge in [0.1, 0.15) is 4.60 Å². The van der Waals surface area contributed by atoms with Gasteiger partial charge in [-0.3, -0.25) is 4.57 Å². The lowest BCUT2D eigenvalue weighted by Gasteiger charge is -2.25. The van der Waals surface area contributed by atoms with Crippen LogP contribution in [-0.4, -0.2) is 51.9 Å². The topological polar surface area (TPSA) is 80.5 Å². The first kappa shape index (κ1) is 14.9. The Morgan fingerprint density at radius 1 is 1.33 bits per heavy atom. The van der Waals surface area contributed by atoms with Gasteiger partial charge in [-0.1, -0.05) is 0 Å². The number of morpholine rings is 1. The third kappa shape index (κ3) is 2.85. The number of ether oxygens (including phenoxy) is 1. The molecule has 0 aliphatic carbocycles. The van der Waals surface area contributed by atoms with Crippen molar-refractivity contribution in [1.29, 1.82) is 0 Å². The molecule has 10 heteroatoms. The van der Waals surface area contributed by atoms with E-state index in [4.69, 9.17) is 9.84 Å². The quantitative estimate of drug-likeness (QED) is 0.793. The monoisotopic (exact) mass is 436 g/mol. The van der Waals surface area contributed by atoms with Crippen LogP contribution in [0.3, 0.4) is 0 Å². The molecule has 0 saturated carbocycles. The Morgan fingerprint density at radius 2 is 2.05 bits per heavy atom. The number of carboxylic acid groups (broad SMARTS) is 1. The SMILES string of the molecule is O=C(O)c1nc(Br)n(-c2csc(N3CCOCC3)n2)c1Br. The minimum absolute atomic E-state index is 0.0530. The minimum Gasteiger partial charge on any atom is -0.476 e. The second-order valence-corrected chi connectivity index (χ2v) is 6.55. The maximum Gasteiger partial charge on any atom is 0.357 e. The van der Waals surface area contributed by atoms with E-state index in [1.807, 2.05) is 5.38 Å². The Hall–Kier alpha value is -0.970. The molecule has 1 saturated heterocycles. The fourth-order valence-electron chi connectivity index (χ4n) is 1.97. The van der Waals surface area contributed by atoms with E-state index in [-0.39, 0.29) is 5.69 Å². The molecule has 21 heavy (non-hydrogen) atoms. The van der Waals surface area contributed by atoms with Crippen molar-refractivity contribution in [3.05, 3.63) is 20.4 Å². The molecular formula is C11H10Br2N4O3S. The molecule has 2 aromatic rings. The molecule has 7 nitrogen and oxygen atoms in total. The van der Waals surface area contributed by atoms with E-state index in [9.17, 15) is 4.79 Å². The minimum atomic E-state index is -1.09. The Balaban J connectivity index is 1.94. The van der Waals surface area contributed by atoms with Gasteiger partial charge in [-0.15, -0.1) is 11.3 Å². The molecule has 2 aromatic heterocycles. The van der Waals surface area contributed by atoms with E-state index < -0.39 is 5.97 Å². The summed E-state index contributed by atoms with van der Waals surface area (Å²) in [5, 5.41) is 11.8. The van der Waals surface area contributed by atoms with Gasteiger partial charge < -0.3 is 14.7 Å². The zero-order valence-electron chi connectivity index (χ0n) is 10.6. The van der Waals surface area contributed by atoms with E-state index in [1.54, 1.807) is 4.57 Å². The van der Waals surface area contributed by atoms with Gasteiger partial charge in [-0.05, 0) is 31.9 Å². The van der Waals surface area contributed by atoms with Crippen molar-refractivity contribution in [2.75, 3.05) is 31.2 Å². The molecule has 3 heterocycles. The number of carbonyl (C=O) groups is 1. The Morgan fingerprint density at radius 3 is 2.67 bits per heavy atom. The van der Waals surface area contributed by atoms with Crippen molar-refractivity contribution in [3.8, 4) is 5.82 Å². The molecular weight excluding hydrogens is 428 g/mol. The van der Waals surface area contributed by atoms with E-state index >= 15 is 0 Å². The van der Waals surface area contributed by atoms with Crippen LogP contribution in [0.5, 0.6) is 0 Å². The van der Waals surface area contributed by atoms with Crippen LogP contribution in [0.2, 0.25) is 0 Å². The van der Waals surface area contributed by atoms with Crippen LogP contribution < -0.4 is 4.90 Å². The van der Waals surface area contributed by atoms with E-state index in [2.05, 4.69) is 46.7 Å². The van der Waals surface area contributed by atoms with Crippen molar-refractivity contribution in [2.24, 2.45) is 0 Å². The third-order valence-electron chi connectivity index (χ3n) is 2.97. The summed E-state index contributed by atoms with van der Waals surface area (Å²) in [6.45, 7) is 2.99. The molecule has 0 aromatic carbocycles. The van der Waals surface area contributed by atoms with Crippen molar-refractivity contribution >= 4 is 54.3 Å². The van der Waals surface area contributed by atoms with Crippen LogP contribution in [-0.2, 0) is 4.74 Å². The Labute approximate surface area is 140 Å². The normalized spacial score (nSPS) is 15.4. The summed E-state index contributed by atoms with van der Waals surface area (Å²) in [5.41, 5.74) is -0.0530. The van der Waals surface area contributed by atoms with Gasteiger partial charge >= 0.3 is 5.97 Å². The molecule has 1 fully saturated rings. The molecule has 1 aliphatic rings. The van der Waals surface area contributed by atoms with Crippen LogP contribution >= 0.6 is 43.2 Å². The molecule has 0 amide bonds. The zero-order chi connectivity index (χ0) is 15.0. The van der Waals surface area contributed by atoms with Gasteiger partial charge in [0.2, 0.25) is 0 Å². The first-order valence-electron chi connectivity index (χ1n) is 6.03. The van der Waals surface area contributed by atoms with Crippen molar-refractivity contribution < 1.29 is 14.6 Å². The average Bonchev–Trinajstić information content (AvgIpc) is 3.05. The van der Waals surface area contributed by atoms with Crippen LogP contribution in [0, 0.1) is 0 Å². The molecule has 0 radical (unpaired) electrons. The van der Waals surface area contributed by atoms with Crippen LogP contribution in [0.15, 0.2) is 14.7 Å². The van der Waals surface area contributed by atoms with Gasteiger partial charge in [-0.2, -0.15) is 0 Å². The summed E-state index contributed by atoms with van der Waals surface area (Å²) in [7, 11) is 0. The van der Waals surface area contributed by atoms with Gasteiger partial charge in [0.15, 0.2) is 21.4 Å². The van der Waals surface area contributed by atoms with E-state index in [1.165, 1.54) is 11.3 Å². The smallest absolute Gasteiger partial charge is 0.357 e. The Bertz CT molecular complexity index is 681. The first-order valence-corrected chi connectivity index (χ1v) is 8.50. The highest BCUT2D eigenvalue weighted by molar-refractivity contribution is 9.11. The van der Waals surface area contributed by atoms with E-state index in [0.717, 1.165) is 18.2 Å². The summed E-state index contributed by atoms with van der Waals surface area (Å²) in [4.78, 5) is 21.8. The lowest BCUT2D eigenvalue weighted by molar-refractivity contribution is 0.0690. The van der Waals surface area contributed by atoms with Gasteiger partial charge in [0.25, 0.3) is 0 Å². The van der Waals surface area contributed by atoms with Crippen molar-refractivity contribution in [1.82, 2.24) is 14.5 Å². The standard InChI is InChI=1S/C11H10Br2N4O3S/c12-8-7(9(18)19)15-10(13)17(8)6-5-21-11(14-6)16-1-3-20-4-2-16/h5H,1-4H2,(H,18,19). The fourth-order valence-corrected chi connectivity index (χ4v) is 4.19. The summed E-state index contributed by atoms with van der Waals surface area (Å²) < 4.78 is 7.69. The molecule has 0 spiro atoms. The molecule has 0 bridgehead atoms. The highest BCUT2D eigenvalue weighted by Gasteiger charge is 2.22. The number of carboxylic acids is 1. The number of aromatic carboxylic acids is 1. The van der Waals surface area contributed by atoms with Crippen LogP contribution in [0.1, 0.15) is 10.5 Å².